The van der Waals surface area contributed by atoms with Crippen LogP contribution in [0.4, 0.5) is 5.69 Å². The molecule has 0 bridgehead atoms. The van der Waals surface area contributed by atoms with Gasteiger partial charge in [-0.2, -0.15) is 0 Å². The summed E-state index contributed by atoms with van der Waals surface area (Å²) in [6.45, 7) is 4.22. The van der Waals surface area contributed by atoms with E-state index in [0.717, 1.165) is 30.6 Å². The van der Waals surface area contributed by atoms with Crippen molar-refractivity contribution in [3.05, 3.63) is 60.2 Å². The maximum Gasteiger partial charge on any atom is 0.240 e. The zero-order valence-electron chi connectivity index (χ0n) is 17.0. The second-order valence-electron chi connectivity index (χ2n) is 7.70. The summed E-state index contributed by atoms with van der Waals surface area (Å²) < 4.78 is 27.7. The Morgan fingerprint density at radius 3 is 2.52 bits per heavy atom. The summed E-state index contributed by atoms with van der Waals surface area (Å²) >= 11 is 0. The fourth-order valence-electron chi connectivity index (χ4n) is 3.58. The van der Waals surface area contributed by atoms with Gasteiger partial charge in [0, 0.05) is 25.8 Å². The maximum atomic E-state index is 12.6. The highest BCUT2D eigenvalue weighted by atomic mass is 32.2. The highest BCUT2D eigenvalue weighted by Gasteiger charge is 2.24. The average molecular weight is 416 g/mol. The molecule has 1 aliphatic heterocycles. The quantitative estimate of drug-likeness (QED) is 0.755. The molecule has 1 N–H and O–H groups in total. The SMILES string of the molecule is Cc1ccc(S(=O)(=O)NCC2CCCN(CC(=O)N(C)c3ccccc3)C2)cc1. The minimum atomic E-state index is -3.51. The zero-order valence-corrected chi connectivity index (χ0v) is 17.9. The maximum absolute atomic E-state index is 12.6. The van der Waals surface area contributed by atoms with E-state index < -0.39 is 10.0 Å². The normalized spacial score (nSPS) is 17.8. The fourth-order valence-corrected chi connectivity index (χ4v) is 4.70. The number of rotatable bonds is 7. The first-order valence-corrected chi connectivity index (χ1v) is 11.4. The first kappa shape index (κ1) is 21.5. The Balaban J connectivity index is 1.52. The van der Waals surface area contributed by atoms with Crippen molar-refractivity contribution in [3.63, 3.8) is 0 Å². The summed E-state index contributed by atoms with van der Waals surface area (Å²) in [4.78, 5) is 16.7. The number of nitrogens with zero attached hydrogens (tertiary/aromatic N) is 2. The zero-order chi connectivity index (χ0) is 20.9. The molecule has 3 rings (SSSR count). The van der Waals surface area contributed by atoms with E-state index in [2.05, 4.69) is 9.62 Å². The standard InChI is InChI=1S/C22H29N3O3S/c1-18-10-12-21(13-11-18)29(27,28)23-15-19-7-6-14-25(16-19)17-22(26)24(2)20-8-4-3-5-9-20/h3-5,8-13,19,23H,6-7,14-17H2,1-2H3. The molecule has 0 saturated carbocycles. The molecule has 29 heavy (non-hydrogen) atoms. The van der Waals surface area contributed by atoms with Crippen LogP contribution in [-0.2, 0) is 14.8 Å². The third-order valence-electron chi connectivity index (χ3n) is 5.37. The van der Waals surface area contributed by atoms with Crippen molar-refractivity contribution in [2.45, 2.75) is 24.7 Å². The number of carbonyl (C=O) groups is 1. The van der Waals surface area contributed by atoms with Gasteiger partial charge in [0.25, 0.3) is 0 Å². The molecule has 1 fully saturated rings. The molecular weight excluding hydrogens is 386 g/mol. The lowest BCUT2D eigenvalue weighted by Crippen LogP contribution is -2.45. The van der Waals surface area contributed by atoms with Crippen LogP contribution in [0.2, 0.25) is 0 Å². The molecule has 2 aromatic carbocycles. The van der Waals surface area contributed by atoms with E-state index in [1.165, 1.54) is 0 Å². The first-order chi connectivity index (χ1) is 13.8. The third-order valence-corrected chi connectivity index (χ3v) is 6.81. The summed E-state index contributed by atoms with van der Waals surface area (Å²) in [6, 6.07) is 16.4. The monoisotopic (exact) mass is 415 g/mol. The van der Waals surface area contributed by atoms with E-state index in [1.807, 2.05) is 37.3 Å². The van der Waals surface area contributed by atoms with Crippen molar-refractivity contribution in [2.24, 2.45) is 5.92 Å². The third kappa shape index (κ3) is 5.88. The van der Waals surface area contributed by atoms with Crippen LogP contribution in [0.1, 0.15) is 18.4 Å². The molecule has 6 nitrogen and oxygen atoms in total. The molecule has 1 aliphatic rings. The van der Waals surface area contributed by atoms with Crippen molar-refractivity contribution in [1.82, 2.24) is 9.62 Å². The van der Waals surface area contributed by atoms with Gasteiger partial charge in [-0.05, 0) is 56.5 Å². The molecule has 1 amide bonds. The molecule has 1 unspecified atom stereocenters. The summed E-state index contributed by atoms with van der Waals surface area (Å²) in [5, 5.41) is 0. The van der Waals surface area contributed by atoms with Crippen molar-refractivity contribution in [2.75, 3.05) is 38.1 Å². The topological polar surface area (TPSA) is 69.7 Å². The molecule has 2 aromatic rings. The summed E-state index contributed by atoms with van der Waals surface area (Å²) in [7, 11) is -1.72. The van der Waals surface area contributed by atoms with E-state index in [4.69, 9.17) is 0 Å². The van der Waals surface area contributed by atoms with Gasteiger partial charge in [-0.1, -0.05) is 35.9 Å². The van der Waals surface area contributed by atoms with Crippen molar-refractivity contribution in [3.8, 4) is 0 Å². The first-order valence-electron chi connectivity index (χ1n) is 9.95. The number of para-hydroxylation sites is 1. The molecule has 7 heteroatoms. The molecule has 0 radical (unpaired) electrons. The number of hydrogen-bond acceptors (Lipinski definition) is 4. The Labute approximate surface area is 173 Å². The number of piperidine rings is 1. The molecule has 0 spiro atoms. The number of sulfonamides is 1. The Kier molecular flexibility index (Phi) is 7.05. The number of aryl methyl sites for hydroxylation is 1. The fraction of sp³-hybridized carbons (Fsp3) is 0.409. The smallest absolute Gasteiger partial charge is 0.240 e. The average Bonchev–Trinajstić information content (AvgIpc) is 2.73. The second-order valence-corrected chi connectivity index (χ2v) is 9.46. The highest BCUT2D eigenvalue weighted by Crippen LogP contribution is 2.18. The number of benzene rings is 2. The molecule has 0 aromatic heterocycles. The molecule has 1 heterocycles. The lowest BCUT2D eigenvalue weighted by Gasteiger charge is -2.33. The van der Waals surface area contributed by atoms with Crippen LogP contribution in [-0.4, -0.2) is 52.5 Å². The van der Waals surface area contributed by atoms with Gasteiger partial charge in [0.05, 0.1) is 11.4 Å². The predicted octanol–water partition coefficient (Wildman–Crippen LogP) is 2.65. The van der Waals surface area contributed by atoms with Crippen LogP contribution < -0.4 is 9.62 Å². The number of hydrogen-bond donors (Lipinski definition) is 1. The Bertz CT molecular complexity index is 914. The van der Waals surface area contributed by atoms with Gasteiger partial charge >= 0.3 is 0 Å². The minimum absolute atomic E-state index is 0.0390. The van der Waals surface area contributed by atoms with Crippen molar-refractivity contribution < 1.29 is 13.2 Å². The van der Waals surface area contributed by atoms with Gasteiger partial charge < -0.3 is 4.90 Å². The van der Waals surface area contributed by atoms with E-state index in [9.17, 15) is 13.2 Å². The molecular formula is C22H29N3O3S. The van der Waals surface area contributed by atoms with E-state index in [0.29, 0.717) is 19.6 Å². The van der Waals surface area contributed by atoms with Crippen LogP contribution in [0.15, 0.2) is 59.5 Å². The van der Waals surface area contributed by atoms with Gasteiger partial charge in [0.15, 0.2) is 0 Å². The van der Waals surface area contributed by atoms with Crippen LogP contribution in [0.25, 0.3) is 0 Å². The highest BCUT2D eigenvalue weighted by molar-refractivity contribution is 7.89. The van der Waals surface area contributed by atoms with Crippen LogP contribution >= 0.6 is 0 Å². The largest absolute Gasteiger partial charge is 0.314 e. The predicted molar refractivity (Wildman–Crippen MR) is 115 cm³/mol. The number of amides is 1. The van der Waals surface area contributed by atoms with Crippen molar-refractivity contribution in [1.29, 1.82) is 0 Å². The van der Waals surface area contributed by atoms with Crippen LogP contribution in [0.3, 0.4) is 0 Å². The summed E-state index contributed by atoms with van der Waals surface area (Å²) in [5.41, 5.74) is 1.90. The molecule has 156 valence electrons. The van der Waals surface area contributed by atoms with E-state index >= 15 is 0 Å². The van der Waals surface area contributed by atoms with Crippen LogP contribution in [0, 0.1) is 12.8 Å². The number of likely N-dealkylation sites (tertiary alicyclic amines) is 1. The van der Waals surface area contributed by atoms with E-state index in [-0.39, 0.29) is 16.7 Å². The van der Waals surface area contributed by atoms with Crippen LogP contribution in [0.5, 0.6) is 0 Å². The number of carbonyl (C=O) groups excluding carboxylic acids is 1. The number of anilines is 1. The van der Waals surface area contributed by atoms with Gasteiger partial charge in [0.1, 0.15) is 0 Å². The van der Waals surface area contributed by atoms with Gasteiger partial charge in [-0.15, -0.1) is 0 Å². The Morgan fingerprint density at radius 2 is 1.83 bits per heavy atom. The van der Waals surface area contributed by atoms with Gasteiger partial charge in [-0.3, -0.25) is 9.69 Å². The summed E-state index contributed by atoms with van der Waals surface area (Å²) in [6.07, 6.45) is 1.91. The van der Waals surface area contributed by atoms with Gasteiger partial charge in [0.2, 0.25) is 15.9 Å². The Hall–Kier alpha value is -2.22. The molecule has 1 saturated heterocycles. The lowest BCUT2D eigenvalue weighted by molar-refractivity contribution is -0.119. The number of likely N-dealkylation sites (N-methyl/N-ethyl adjacent to an activating group) is 1. The Morgan fingerprint density at radius 1 is 1.14 bits per heavy atom. The second kappa shape index (κ2) is 9.52. The molecule has 1 atom stereocenters. The van der Waals surface area contributed by atoms with Crippen molar-refractivity contribution >= 4 is 21.6 Å². The molecule has 0 aliphatic carbocycles. The number of nitrogens with one attached hydrogen (secondary N) is 1. The van der Waals surface area contributed by atoms with E-state index in [1.54, 1.807) is 36.2 Å². The summed E-state index contributed by atoms with van der Waals surface area (Å²) in [5.74, 6) is 0.232. The lowest BCUT2D eigenvalue weighted by atomic mass is 9.98. The minimum Gasteiger partial charge on any atom is -0.314 e. The van der Waals surface area contributed by atoms with Gasteiger partial charge in [-0.25, -0.2) is 13.1 Å².